The first-order valence-electron chi connectivity index (χ1n) is 24.5. The number of rotatable bonds is 23. The molecule has 8 aromatic rings. The second-order valence-corrected chi connectivity index (χ2v) is 18.0. The molecule has 0 atom stereocenters. The van der Waals surface area contributed by atoms with Gasteiger partial charge in [-0.3, -0.25) is 4.79 Å². The summed E-state index contributed by atoms with van der Waals surface area (Å²) in [5.74, 6) is -1.52. The summed E-state index contributed by atoms with van der Waals surface area (Å²) >= 11 is 7.09. The Morgan fingerprint density at radius 1 is 0.627 bits per heavy atom. The minimum absolute atomic E-state index is 0.0937. The van der Waals surface area contributed by atoms with Crippen molar-refractivity contribution in [1.82, 2.24) is 0 Å². The average molecular weight is 1020 g/mol. The highest BCUT2D eigenvalue weighted by Gasteiger charge is 2.16. The van der Waals surface area contributed by atoms with Gasteiger partial charge in [0.25, 0.3) is 0 Å². The molecule has 0 aromatic heterocycles. The van der Waals surface area contributed by atoms with Crippen molar-refractivity contribution < 1.29 is 42.5 Å². The number of benzene rings is 8. The summed E-state index contributed by atoms with van der Waals surface area (Å²) in [4.78, 5) is 36.2. The van der Waals surface area contributed by atoms with Crippen LogP contribution >= 0.6 is 11.6 Å². The highest BCUT2D eigenvalue weighted by molar-refractivity contribution is 6.33. The van der Waals surface area contributed by atoms with Crippen molar-refractivity contribution in [2.75, 3.05) is 26.4 Å². The van der Waals surface area contributed by atoms with Gasteiger partial charge in [0.15, 0.2) is 11.6 Å². The van der Waals surface area contributed by atoms with Gasteiger partial charge in [0.05, 0.1) is 39.1 Å². The van der Waals surface area contributed by atoms with E-state index in [2.05, 4.69) is 60.7 Å². The maximum Gasteiger partial charge on any atom is 0.333 e. The van der Waals surface area contributed by atoms with Crippen LogP contribution in [0.1, 0.15) is 54.9 Å². The van der Waals surface area contributed by atoms with Crippen molar-refractivity contribution in [3.63, 3.8) is 0 Å². The standard InChI is InChI=1S/C63H54ClFN2O8/c1-4-60(68)73-34-12-33-72-54-27-25-49-35-48(22-23-50(49)37-54)44-17-20-45(21-18-44)56-38-53(41-66-67-62(46-14-6-5-7-15-46)52-24-19-43-13-8-9-16-47(43)36-52)51(39-57(56)64)26-30-61(69)75-59-29-28-55(40-58(59)65)71-31-10-11-32-74-63(70)42(2)3/h4-9,13-25,27-29,35-41H,1-2,10-12,26,30-34H2,3H3/b66-41+,67-62+. The predicted molar refractivity (Wildman–Crippen MR) is 296 cm³/mol. The fraction of sp³-hybridized carbons (Fsp3) is 0.159. The van der Waals surface area contributed by atoms with Crippen molar-refractivity contribution in [2.24, 2.45) is 10.2 Å². The van der Waals surface area contributed by atoms with Crippen LogP contribution < -0.4 is 14.2 Å². The van der Waals surface area contributed by atoms with Gasteiger partial charge in [0, 0.05) is 45.8 Å². The van der Waals surface area contributed by atoms with Crippen molar-refractivity contribution in [1.29, 1.82) is 0 Å². The van der Waals surface area contributed by atoms with E-state index in [9.17, 15) is 14.4 Å². The highest BCUT2D eigenvalue weighted by atomic mass is 35.5. The molecule has 0 bridgehead atoms. The lowest BCUT2D eigenvalue weighted by Crippen LogP contribution is -2.11. The number of halogens is 2. The number of carbonyl (C=O) groups is 3. The number of hydrogen-bond acceptors (Lipinski definition) is 10. The molecule has 0 radical (unpaired) electrons. The van der Waals surface area contributed by atoms with Gasteiger partial charge in [0.1, 0.15) is 17.2 Å². The maximum atomic E-state index is 15.2. The third-order valence-electron chi connectivity index (χ3n) is 12.1. The highest BCUT2D eigenvalue weighted by Crippen LogP contribution is 2.34. The Morgan fingerprint density at radius 2 is 1.27 bits per heavy atom. The monoisotopic (exact) mass is 1020 g/mol. The van der Waals surface area contributed by atoms with Crippen LogP contribution in [0.15, 0.2) is 199 Å². The molecule has 0 aliphatic heterocycles. The van der Waals surface area contributed by atoms with Crippen LogP contribution in [0.25, 0.3) is 43.8 Å². The number of hydrogen-bond donors (Lipinski definition) is 0. The lowest BCUT2D eigenvalue weighted by Gasteiger charge is -2.13. The van der Waals surface area contributed by atoms with Gasteiger partial charge in [-0.05, 0) is 124 Å². The Morgan fingerprint density at radius 3 is 2.04 bits per heavy atom. The van der Waals surface area contributed by atoms with E-state index in [-0.39, 0.29) is 44.2 Å². The molecule has 0 spiro atoms. The second-order valence-electron chi connectivity index (χ2n) is 17.6. The quantitative estimate of drug-likeness (QED) is 0.0155. The zero-order valence-electron chi connectivity index (χ0n) is 41.4. The van der Waals surface area contributed by atoms with E-state index < -0.39 is 23.7 Å². The molecule has 0 amide bonds. The van der Waals surface area contributed by atoms with Crippen molar-refractivity contribution in [3.05, 3.63) is 222 Å². The van der Waals surface area contributed by atoms with Crippen LogP contribution in [-0.4, -0.2) is 56.3 Å². The number of esters is 3. The van der Waals surface area contributed by atoms with Crippen LogP contribution in [0, 0.1) is 5.82 Å². The third kappa shape index (κ3) is 14.5. The predicted octanol–water partition coefficient (Wildman–Crippen LogP) is 14.3. The van der Waals surface area contributed by atoms with Crippen LogP contribution in [0.2, 0.25) is 5.02 Å². The van der Waals surface area contributed by atoms with E-state index in [1.165, 1.54) is 12.1 Å². The lowest BCUT2D eigenvalue weighted by atomic mass is 9.95. The van der Waals surface area contributed by atoms with Gasteiger partial charge in [-0.25, -0.2) is 14.0 Å². The van der Waals surface area contributed by atoms with Crippen molar-refractivity contribution >= 4 is 63.0 Å². The summed E-state index contributed by atoms with van der Waals surface area (Å²) in [6.07, 6.45) is 4.61. The normalized spacial score (nSPS) is 11.4. The molecular weight excluding hydrogens is 967 g/mol. The third-order valence-corrected chi connectivity index (χ3v) is 12.4. The molecule has 0 N–H and O–H groups in total. The molecule has 0 saturated heterocycles. The first-order valence-corrected chi connectivity index (χ1v) is 24.9. The number of unbranched alkanes of at least 4 members (excludes halogenated alkanes) is 1. The number of ether oxygens (including phenoxy) is 5. The van der Waals surface area contributed by atoms with Gasteiger partial charge in [-0.15, -0.1) is 5.10 Å². The Balaban J connectivity index is 1.00. The second kappa shape index (κ2) is 25.8. The fourth-order valence-electron chi connectivity index (χ4n) is 8.12. The molecule has 0 saturated carbocycles. The van der Waals surface area contributed by atoms with E-state index in [1.807, 2.05) is 103 Å². The molecule has 0 fully saturated rings. The Labute approximate surface area is 440 Å². The number of fused-ring (bicyclic) bond motifs is 2. The maximum absolute atomic E-state index is 15.2. The Bertz CT molecular complexity index is 3430. The molecule has 8 aromatic carbocycles. The smallest absolute Gasteiger partial charge is 0.333 e. The summed E-state index contributed by atoms with van der Waals surface area (Å²) in [7, 11) is 0. The van der Waals surface area contributed by atoms with Gasteiger partial charge in [0.2, 0.25) is 0 Å². The molecule has 8 rings (SSSR count). The molecule has 0 aliphatic carbocycles. The Hall–Kier alpha value is -8.67. The SMILES string of the molecule is C=CC(=O)OCCCOc1ccc2cc(-c3ccc(-c4cc(/C=N/N=C(\c5ccccc5)c5ccc6ccccc6c5)c(CCC(=O)Oc5ccc(OCCCCOC(=O)C(=C)C)cc5F)cc4Cl)cc3)ccc2c1. The molecular formula is C63H54ClFN2O8. The molecule has 10 nitrogen and oxygen atoms in total. The zero-order valence-corrected chi connectivity index (χ0v) is 42.2. The van der Waals surface area contributed by atoms with E-state index in [0.29, 0.717) is 53.3 Å². The minimum atomic E-state index is -0.749. The zero-order chi connectivity index (χ0) is 52.5. The number of carbonyl (C=O) groups excluding carboxylic acids is 3. The molecule has 0 aliphatic rings. The number of nitrogens with zero attached hydrogens (tertiary/aromatic N) is 2. The van der Waals surface area contributed by atoms with E-state index >= 15 is 4.39 Å². The summed E-state index contributed by atoms with van der Waals surface area (Å²) in [5.41, 5.74) is 7.82. The first-order chi connectivity index (χ1) is 36.5. The molecule has 12 heteroatoms. The van der Waals surface area contributed by atoms with Gasteiger partial charge in [-0.1, -0.05) is 134 Å². The van der Waals surface area contributed by atoms with Gasteiger partial charge >= 0.3 is 17.9 Å². The van der Waals surface area contributed by atoms with E-state index in [0.717, 1.165) is 72.8 Å². The summed E-state index contributed by atoms with van der Waals surface area (Å²) in [5, 5.41) is 14.2. The topological polar surface area (TPSA) is 122 Å². The van der Waals surface area contributed by atoms with Crippen molar-refractivity contribution in [3.8, 4) is 39.5 Å². The lowest BCUT2D eigenvalue weighted by molar-refractivity contribution is -0.139. The largest absolute Gasteiger partial charge is 0.493 e. The van der Waals surface area contributed by atoms with Crippen LogP contribution in [0.3, 0.4) is 0 Å². The molecule has 378 valence electrons. The van der Waals surface area contributed by atoms with Crippen LogP contribution in [0.4, 0.5) is 4.39 Å². The van der Waals surface area contributed by atoms with E-state index in [1.54, 1.807) is 13.1 Å². The minimum Gasteiger partial charge on any atom is -0.493 e. The van der Waals surface area contributed by atoms with Crippen molar-refractivity contribution in [2.45, 2.75) is 39.0 Å². The first kappa shape index (κ1) is 52.6. The molecule has 0 heterocycles. The number of aryl methyl sites for hydroxylation is 1. The Kier molecular flexibility index (Phi) is 18.1. The molecule has 75 heavy (non-hydrogen) atoms. The summed E-state index contributed by atoms with van der Waals surface area (Å²) in [6, 6.07) is 52.3. The summed E-state index contributed by atoms with van der Waals surface area (Å²) in [6.45, 7) is 9.71. The van der Waals surface area contributed by atoms with Gasteiger partial charge < -0.3 is 23.7 Å². The van der Waals surface area contributed by atoms with Crippen LogP contribution in [0.5, 0.6) is 17.2 Å². The summed E-state index contributed by atoms with van der Waals surface area (Å²) < 4.78 is 42.4. The van der Waals surface area contributed by atoms with E-state index in [4.69, 9.17) is 40.4 Å². The fourth-order valence-corrected chi connectivity index (χ4v) is 8.41. The average Bonchev–Trinajstić information content (AvgIpc) is 3.43. The van der Waals surface area contributed by atoms with Crippen LogP contribution in [-0.2, 0) is 30.3 Å². The van der Waals surface area contributed by atoms with Gasteiger partial charge in [-0.2, -0.15) is 5.10 Å². The molecule has 0 unspecified atom stereocenters.